The Morgan fingerprint density at radius 3 is 2.77 bits per heavy atom. The number of aromatic nitrogens is 3. The molecular formula is C25H24ClFN4O4. The molecule has 3 heterocycles. The summed E-state index contributed by atoms with van der Waals surface area (Å²) in [7, 11) is 0. The minimum absolute atomic E-state index is 0.0194. The normalized spacial score (nSPS) is 21.7. The zero-order valence-electron chi connectivity index (χ0n) is 19.0. The number of pyridine rings is 1. The first kappa shape index (κ1) is 23.6. The number of Topliss-reactive ketones (excluding diaryl/α,β-unsaturated/α-hetero) is 2. The summed E-state index contributed by atoms with van der Waals surface area (Å²) in [5.41, 5.74) is 0.853. The lowest BCUT2D eigenvalue weighted by atomic mass is 9.90. The van der Waals surface area contributed by atoms with Crippen molar-refractivity contribution in [3.05, 3.63) is 58.6 Å². The van der Waals surface area contributed by atoms with Gasteiger partial charge in [-0.2, -0.15) is 5.10 Å². The van der Waals surface area contributed by atoms with Crippen LogP contribution in [0.3, 0.4) is 0 Å². The van der Waals surface area contributed by atoms with E-state index in [4.69, 9.17) is 11.6 Å². The van der Waals surface area contributed by atoms with E-state index in [2.05, 4.69) is 10.1 Å². The molecule has 2 aliphatic rings. The van der Waals surface area contributed by atoms with E-state index in [0.717, 1.165) is 6.42 Å². The Morgan fingerprint density at radius 2 is 2.03 bits per heavy atom. The molecule has 2 fully saturated rings. The molecule has 5 rings (SSSR count). The molecule has 0 bridgehead atoms. The third kappa shape index (κ3) is 4.23. The fourth-order valence-electron chi connectivity index (χ4n) is 5.18. The number of likely N-dealkylation sites (tertiary alicyclic amines) is 1. The summed E-state index contributed by atoms with van der Waals surface area (Å²) in [6.45, 7) is 0.834. The second-order valence-electron chi connectivity index (χ2n) is 9.25. The minimum atomic E-state index is -0.757. The van der Waals surface area contributed by atoms with Gasteiger partial charge >= 0.3 is 0 Å². The Balaban J connectivity index is 1.36. The molecule has 1 aliphatic carbocycles. The Kier molecular flexibility index (Phi) is 6.14. The summed E-state index contributed by atoms with van der Waals surface area (Å²) in [5, 5.41) is 14.7. The first-order chi connectivity index (χ1) is 16.8. The van der Waals surface area contributed by atoms with E-state index < -0.39 is 24.4 Å². The third-order valence-electron chi connectivity index (χ3n) is 6.98. The molecule has 1 saturated carbocycles. The highest BCUT2D eigenvalue weighted by molar-refractivity contribution is 6.30. The van der Waals surface area contributed by atoms with Gasteiger partial charge in [0.15, 0.2) is 17.2 Å². The van der Waals surface area contributed by atoms with Gasteiger partial charge in [-0.1, -0.05) is 23.7 Å². The van der Waals surface area contributed by atoms with Crippen LogP contribution in [0.5, 0.6) is 0 Å². The molecule has 3 aromatic rings. The van der Waals surface area contributed by atoms with Gasteiger partial charge < -0.3 is 10.0 Å². The molecule has 35 heavy (non-hydrogen) atoms. The van der Waals surface area contributed by atoms with Crippen LogP contribution in [-0.4, -0.2) is 60.9 Å². The highest BCUT2D eigenvalue weighted by atomic mass is 35.5. The molecule has 0 spiro atoms. The molecule has 0 radical (unpaired) electrons. The van der Waals surface area contributed by atoms with Crippen LogP contribution in [0.2, 0.25) is 5.02 Å². The zero-order chi connectivity index (χ0) is 24.9. The average Bonchev–Trinajstić information content (AvgIpc) is 3.34. The molecule has 1 aliphatic heterocycles. The first-order valence-electron chi connectivity index (χ1n) is 11.5. The van der Waals surface area contributed by atoms with Gasteiger partial charge in [0, 0.05) is 31.5 Å². The van der Waals surface area contributed by atoms with E-state index >= 15 is 0 Å². The number of ketones is 2. The van der Waals surface area contributed by atoms with Gasteiger partial charge in [0.2, 0.25) is 5.91 Å². The fraction of sp³-hybridized carbons (Fsp3) is 0.400. The van der Waals surface area contributed by atoms with Crippen molar-refractivity contribution < 1.29 is 23.9 Å². The number of fused-ring (bicyclic) bond motifs is 2. The van der Waals surface area contributed by atoms with Gasteiger partial charge in [0.1, 0.15) is 18.1 Å². The number of piperidine rings is 1. The SMILES string of the molecule is CC(=O)c1nn(CC(=O)N2[C@@H]3C[C@@H]3C[C@H]2C(=O)C[C@H](CO)c2cccc(Cl)c2F)c2ncccc12. The summed E-state index contributed by atoms with van der Waals surface area (Å²) >= 11 is 5.88. The lowest BCUT2D eigenvalue weighted by Crippen LogP contribution is -2.45. The van der Waals surface area contributed by atoms with Crippen LogP contribution in [0.4, 0.5) is 4.39 Å². The van der Waals surface area contributed by atoms with Crippen LogP contribution in [0.1, 0.15) is 48.2 Å². The van der Waals surface area contributed by atoms with Crippen molar-refractivity contribution in [2.75, 3.05) is 6.61 Å². The Labute approximate surface area is 205 Å². The van der Waals surface area contributed by atoms with Crippen molar-refractivity contribution in [1.29, 1.82) is 0 Å². The van der Waals surface area contributed by atoms with E-state index in [1.54, 1.807) is 29.3 Å². The molecule has 1 N–H and O–H groups in total. The number of carbonyl (C=O) groups is 3. The number of carbonyl (C=O) groups excluding carboxylic acids is 3. The van der Waals surface area contributed by atoms with E-state index in [1.807, 2.05) is 0 Å². The van der Waals surface area contributed by atoms with Crippen LogP contribution in [0.15, 0.2) is 36.5 Å². The number of rotatable bonds is 8. The Morgan fingerprint density at radius 1 is 1.23 bits per heavy atom. The van der Waals surface area contributed by atoms with Crippen molar-refractivity contribution in [3.63, 3.8) is 0 Å². The zero-order valence-corrected chi connectivity index (χ0v) is 19.8. The van der Waals surface area contributed by atoms with Gasteiger partial charge in [0.25, 0.3) is 0 Å². The number of aliphatic hydroxyl groups is 1. The third-order valence-corrected chi connectivity index (χ3v) is 7.27. The van der Waals surface area contributed by atoms with Crippen molar-refractivity contribution in [1.82, 2.24) is 19.7 Å². The van der Waals surface area contributed by atoms with Crippen LogP contribution >= 0.6 is 11.6 Å². The van der Waals surface area contributed by atoms with Crippen LogP contribution in [0.25, 0.3) is 11.0 Å². The topological polar surface area (TPSA) is 105 Å². The molecule has 1 amide bonds. The van der Waals surface area contributed by atoms with Gasteiger partial charge in [-0.15, -0.1) is 0 Å². The Hall–Kier alpha value is -3.17. The van der Waals surface area contributed by atoms with Crippen molar-refractivity contribution in [2.24, 2.45) is 5.92 Å². The number of nitrogens with zero attached hydrogens (tertiary/aromatic N) is 4. The highest BCUT2D eigenvalue weighted by Crippen LogP contribution is 2.48. The minimum Gasteiger partial charge on any atom is -0.396 e. The number of amides is 1. The highest BCUT2D eigenvalue weighted by Gasteiger charge is 2.55. The summed E-state index contributed by atoms with van der Waals surface area (Å²) < 4.78 is 15.9. The second kappa shape index (κ2) is 9.13. The van der Waals surface area contributed by atoms with Crippen molar-refractivity contribution in [3.8, 4) is 0 Å². The quantitative estimate of drug-likeness (QED) is 0.478. The standard InChI is InChI=1S/C25H24ClFN4O4/c1-13(33)24-17-5-3-7-28-25(17)30(29-24)11-22(35)31-19-8-14(19)9-20(31)21(34)10-15(12-32)16-4-2-6-18(26)23(16)27/h2-7,14-15,19-20,32H,8-12H2,1H3/t14-,15-,19-,20+/m1/s1. The summed E-state index contributed by atoms with van der Waals surface area (Å²) in [6, 6.07) is 7.26. The van der Waals surface area contributed by atoms with Crippen LogP contribution in [0, 0.1) is 11.7 Å². The number of hydrogen-bond acceptors (Lipinski definition) is 6. The summed E-state index contributed by atoms with van der Waals surface area (Å²) in [5.74, 6) is -1.89. The molecular weight excluding hydrogens is 475 g/mol. The molecule has 4 atom stereocenters. The Bertz CT molecular complexity index is 1340. The van der Waals surface area contributed by atoms with Crippen molar-refractivity contribution >= 4 is 40.1 Å². The molecule has 1 saturated heterocycles. The lowest BCUT2D eigenvalue weighted by molar-refractivity contribution is -0.139. The first-order valence-corrected chi connectivity index (χ1v) is 11.9. The lowest BCUT2D eigenvalue weighted by Gasteiger charge is -2.28. The molecule has 0 unspecified atom stereocenters. The monoisotopic (exact) mass is 498 g/mol. The summed E-state index contributed by atoms with van der Waals surface area (Å²) in [6.07, 6.45) is 2.83. The molecule has 1 aromatic carbocycles. The largest absolute Gasteiger partial charge is 0.396 e. The molecule has 182 valence electrons. The molecule has 8 nitrogen and oxygen atoms in total. The number of benzene rings is 1. The fourth-order valence-corrected chi connectivity index (χ4v) is 5.36. The van der Waals surface area contributed by atoms with Gasteiger partial charge in [-0.25, -0.2) is 14.1 Å². The van der Waals surface area contributed by atoms with E-state index in [9.17, 15) is 23.9 Å². The maximum absolute atomic E-state index is 14.5. The molecule has 2 aromatic heterocycles. The predicted molar refractivity (Wildman–Crippen MR) is 126 cm³/mol. The van der Waals surface area contributed by atoms with E-state index in [-0.39, 0.29) is 58.7 Å². The van der Waals surface area contributed by atoms with E-state index in [1.165, 1.54) is 23.7 Å². The smallest absolute Gasteiger partial charge is 0.245 e. The summed E-state index contributed by atoms with van der Waals surface area (Å²) in [4.78, 5) is 44.6. The van der Waals surface area contributed by atoms with E-state index in [0.29, 0.717) is 17.5 Å². The number of halogens is 2. The second-order valence-corrected chi connectivity index (χ2v) is 9.65. The maximum Gasteiger partial charge on any atom is 0.245 e. The van der Waals surface area contributed by atoms with Gasteiger partial charge in [-0.3, -0.25) is 14.4 Å². The van der Waals surface area contributed by atoms with Crippen LogP contribution in [-0.2, 0) is 16.1 Å². The number of aliphatic hydroxyl groups excluding tert-OH is 1. The van der Waals surface area contributed by atoms with Gasteiger partial charge in [-0.05, 0) is 42.5 Å². The predicted octanol–water partition coefficient (Wildman–Crippen LogP) is 3.15. The molecule has 10 heteroatoms. The van der Waals surface area contributed by atoms with Crippen molar-refractivity contribution in [2.45, 2.75) is 50.7 Å². The number of hydrogen-bond donors (Lipinski definition) is 1. The van der Waals surface area contributed by atoms with Gasteiger partial charge in [0.05, 0.1) is 23.1 Å². The van der Waals surface area contributed by atoms with Crippen LogP contribution < -0.4 is 0 Å². The maximum atomic E-state index is 14.5. The average molecular weight is 499 g/mol.